The molecule has 0 radical (unpaired) electrons. The predicted molar refractivity (Wildman–Crippen MR) is 44.7 cm³/mol. The first kappa shape index (κ1) is 7.03. The maximum atomic E-state index is 11.0. The van der Waals surface area contributed by atoms with Crippen molar-refractivity contribution >= 4 is 12.1 Å². The minimum Gasteiger partial charge on any atom is -0.382 e. The summed E-state index contributed by atoms with van der Waals surface area (Å²) in [5.74, 6) is -0.129. The largest absolute Gasteiger partial charge is 0.382 e. The highest BCUT2D eigenvalue weighted by Crippen LogP contribution is 1.77. The lowest BCUT2D eigenvalue weighted by Crippen LogP contribution is -2.24. The summed E-state index contributed by atoms with van der Waals surface area (Å²) in [5.41, 5.74) is 0. The Morgan fingerprint density at radius 1 is 1.33 bits per heavy atom. The summed E-state index contributed by atoms with van der Waals surface area (Å²) in [6, 6.07) is 7.54. The lowest BCUT2D eigenvalue weighted by Gasteiger charge is -1.88. The van der Waals surface area contributed by atoms with Crippen LogP contribution in [0.4, 0.5) is 0 Å². The fraction of sp³-hybridized carbons (Fsp3) is 0.111. The number of nitrogens with one attached hydrogen (secondary N) is 1. The molecule has 0 saturated carbocycles. The second-order valence-corrected chi connectivity index (χ2v) is 2.59. The zero-order valence-corrected chi connectivity index (χ0v) is 6.45. The van der Waals surface area contributed by atoms with Crippen molar-refractivity contribution in [2.24, 2.45) is 4.99 Å². The van der Waals surface area contributed by atoms with Gasteiger partial charge in [0.2, 0.25) is 0 Å². The van der Waals surface area contributed by atoms with Crippen LogP contribution in [0, 0.1) is 0 Å². The molecular formula is C9H8N2O. The van der Waals surface area contributed by atoms with E-state index in [-0.39, 0.29) is 12.5 Å². The fourth-order valence-electron chi connectivity index (χ4n) is 1.13. The molecule has 1 amide bonds. The number of rotatable bonds is 0. The fourth-order valence-corrected chi connectivity index (χ4v) is 1.13. The van der Waals surface area contributed by atoms with E-state index in [1.807, 2.05) is 30.5 Å². The van der Waals surface area contributed by atoms with Crippen LogP contribution in [-0.4, -0.2) is 12.5 Å². The standard InChI is InChI=1S/C9H8N2O/c12-9-6-10-5-7-3-1-2-4-8(7)11-9/h1-5,10H,6H2. The van der Waals surface area contributed by atoms with Gasteiger partial charge in [0.15, 0.2) is 0 Å². The number of carbonyl (C=O) groups excluding carboxylic acids is 1. The van der Waals surface area contributed by atoms with E-state index < -0.39 is 0 Å². The summed E-state index contributed by atoms with van der Waals surface area (Å²) in [7, 11) is 0. The van der Waals surface area contributed by atoms with Gasteiger partial charge in [-0.3, -0.25) is 4.79 Å². The van der Waals surface area contributed by atoms with E-state index in [4.69, 9.17) is 0 Å². The van der Waals surface area contributed by atoms with Crippen LogP contribution in [0.25, 0.3) is 6.20 Å². The number of carbonyl (C=O) groups is 1. The first-order valence-corrected chi connectivity index (χ1v) is 3.76. The number of fused-ring (bicyclic) bond motifs is 1. The van der Waals surface area contributed by atoms with Crippen molar-refractivity contribution in [3.63, 3.8) is 0 Å². The molecule has 1 heterocycles. The Morgan fingerprint density at radius 3 is 3.08 bits per heavy atom. The van der Waals surface area contributed by atoms with Crippen LogP contribution < -0.4 is 15.9 Å². The molecule has 1 N–H and O–H groups in total. The Hall–Kier alpha value is -1.64. The minimum atomic E-state index is -0.129. The first-order valence-electron chi connectivity index (χ1n) is 3.76. The van der Waals surface area contributed by atoms with E-state index in [1.54, 1.807) is 0 Å². The molecule has 0 spiro atoms. The van der Waals surface area contributed by atoms with Gasteiger partial charge >= 0.3 is 0 Å². The molecule has 1 aromatic rings. The highest BCUT2D eigenvalue weighted by atomic mass is 16.1. The third kappa shape index (κ3) is 1.21. The van der Waals surface area contributed by atoms with Gasteiger partial charge in [0, 0.05) is 11.4 Å². The van der Waals surface area contributed by atoms with Gasteiger partial charge in [-0.1, -0.05) is 18.2 Å². The monoisotopic (exact) mass is 160 g/mol. The van der Waals surface area contributed by atoms with Gasteiger partial charge in [0.25, 0.3) is 5.91 Å². The average Bonchev–Trinajstić information content (AvgIpc) is 2.25. The Balaban J connectivity index is 2.76. The molecule has 12 heavy (non-hydrogen) atoms. The van der Waals surface area contributed by atoms with Gasteiger partial charge < -0.3 is 5.32 Å². The number of hydrogen-bond acceptors (Lipinski definition) is 2. The molecule has 0 saturated heterocycles. The third-order valence-electron chi connectivity index (χ3n) is 1.69. The van der Waals surface area contributed by atoms with Crippen molar-refractivity contribution in [1.82, 2.24) is 5.32 Å². The van der Waals surface area contributed by atoms with Gasteiger partial charge in [-0.2, -0.15) is 0 Å². The lowest BCUT2D eigenvalue weighted by atomic mass is 10.3. The highest BCUT2D eigenvalue weighted by molar-refractivity contribution is 5.80. The van der Waals surface area contributed by atoms with E-state index in [9.17, 15) is 4.79 Å². The van der Waals surface area contributed by atoms with E-state index in [0.29, 0.717) is 0 Å². The molecular weight excluding hydrogens is 152 g/mol. The smallest absolute Gasteiger partial charge is 0.265 e. The van der Waals surface area contributed by atoms with E-state index in [2.05, 4.69) is 10.3 Å². The van der Waals surface area contributed by atoms with E-state index >= 15 is 0 Å². The Labute approximate surface area is 69.4 Å². The third-order valence-corrected chi connectivity index (χ3v) is 1.69. The molecule has 3 heteroatoms. The van der Waals surface area contributed by atoms with Crippen LogP contribution in [0.15, 0.2) is 29.3 Å². The number of nitrogens with zero attached hydrogens (tertiary/aromatic N) is 1. The molecule has 0 bridgehead atoms. The quantitative estimate of drug-likeness (QED) is 0.538. The molecule has 0 fully saturated rings. The van der Waals surface area contributed by atoms with Crippen molar-refractivity contribution in [3.8, 4) is 0 Å². The molecule has 1 aromatic carbocycles. The first-order chi connectivity index (χ1) is 5.86. The molecule has 60 valence electrons. The van der Waals surface area contributed by atoms with Gasteiger partial charge in [-0.15, -0.1) is 0 Å². The number of amides is 1. The van der Waals surface area contributed by atoms with Gasteiger partial charge in [-0.05, 0) is 6.07 Å². The average molecular weight is 160 g/mol. The van der Waals surface area contributed by atoms with Crippen molar-refractivity contribution in [3.05, 3.63) is 34.8 Å². The summed E-state index contributed by atoms with van der Waals surface area (Å²) < 4.78 is 0. The number of hydrogen-bond donors (Lipinski definition) is 1. The Morgan fingerprint density at radius 2 is 2.17 bits per heavy atom. The Bertz CT molecular complexity index is 422. The predicted octanol–water partition coefficient (Wildman–Crippen LogP) is -0.826. The second kappa shape index (κ2) is 2.77. The van der Waals surface area contributed by atoms with Crippen molar-refractivity contribution in [1.29, 1.82) is 0 Å². The van der Waals surface area contributed by atoms with Gasteiger partial charge in [-0.25, -0.2) is 4.99 Å². The van der Waals surface area contributed by atoms with Crippen LogP contribution >= 0.6 is 0 Å². The van der Waals surface area contributed by atoms with Crippen molar-refractivity contribution in [2.75, 3.05) is 6.54 Å². The molecule has 0 aliphatic carbocycles. The lowest BCUT2D eigenvalue weighted by molar-refractivity contribution is -0.117. The summed E-state index contributed by atoms with van der Waals surface area (Å²) in [6.07, 6.45) is 1.81. The molecule has 2 rings (SSSR count). The molecule has 0 aromatic heterocycles. The van der Waals surface area contributed by atoms with Gasteiger partial charge in [0.1, 0.15) is 0 Å². The van der Waals surface area contributed by atoms with Crippen LogP contribution in [-0.2, 0) is 4.79 Å². The van der Waals surface area contributed by atoms with Gasteiger partial charge in [0.05, 0.1) is 11.9 Å². The zero-order chi connectivity index (χ0) is 8.39. The summed E-state index contributed by atoms with van der Waals surface area (Å²) >= 11 is 0. The normalized spacial score (nSPS) is 14.8. The maximum absolute atomic E-state index is 11.0. The Kier molecular flexibility index (Phi) is 1.63. The molecule has 0 unspecified atom stereocenters. The SMILES string of the molecule is O=C1CNC=c2ccccc2=N1. The molecule has 1 aliphatic heterocycles. The van der Waals surface area contributed by atoms with E-state index in [1.165, 1.54) is 0 Å². The summed E-state index contributed by atoms with van der Waals surface area (Å²) in [6.45, 7) is 0.286. The minimum absolute atomic E-state index is 0.129. The van der Waals surface area contributed by atoms with Crippen molar-refractivity contribution < 1.29 is 4.79 Å². The van der Waals surface area contributed by atoms with E-state index in [0.717, 1.165) is 10.6 Å². The summed E-state index contributed by atoms with van der Waals surface area (Å²) in [4.78, 5) is 14.9. The summed E-state index contributed by atoms with van der Waals surface area (Å²) in [5, 5.41) is 4.59. The molecule has 3 nitrogen and oxygen atoms in total. The van der Waals surface area contributed by atoms with Crippen molar-refractivity contribution in [2.45, 2.75) is 0 Å². The van der Waals surface area contributed by atoms with Crippen LogP contribution in [0.5, 0.6) is 0 Å². The van der Waals surface area contributed by atoms with Crippen LogP contribution in [0.3, 0.4) is 0 Å². The second-order valence-electron chi connectivity index (χ2n) is 2.59. The zero-order valence-electron chi connectivity index (χ0n) is 6.45. The molecule has 1 aliphatic rings. The topological polar surface area (TPSA) is 41.5 Å². The number of benzene rings is 1. The van der Waals surface area contributed by atoms with Crippen LogP contribution in [0.1, 0.15) is 0 Å². The molecule has 0 atom stereocenters. The highest BCUT2D eigenvalue weighted by Gasteiger charge is 1.99. The number of para-hydroxylation sites is 1. The van der Waals surface area contributed by atoms with Crippen LogP contribution in [0.2, 0.25) is 0 Å². The maximum Gasteiger partial charge on any atom is 0.265 e.